The second kappa shape index (κ2) is 7.49. The molecule has 5 heteroatoms. The number of nitriles is 1. The van der Waals surface area contributed by atoms with Crippen LogP contribution in [0.3, 0.4) is 0 Å². The van der Waals surface area contributed by atoms with Crippen molar-refractivity contribution in [3.8, 4) is 6.07 Å². The number of hydrogen-bond acceptors (Lipinski definition) is 4. The maximum Gasteiger partial charge on any atom is 0.232 e. The van der Waals surface area contributed by atoms with Crippen LogP contribution in [-0.2, 0) is 0 Å². The molecule has 0 N–H and O–H groups in total. The highest BCUT2D eigenvalue weighted by Gasteiger charge is 2.16. The van der Waals surface area contributed by atoms with Crippen molar-refractivity contribution in [1.29, 1.82) is 5.26 Å². The summed E-state index contributed by atoms with van der Waals surface area (Å²) in [5.41, 5.74) is 4.26. The van der Waals surface area contributed by atoms with E-state index in [1.54, 1.807) is 0 Å². The second-order valence-corrected chi connectivity index (χ2v) is 7.82. The van der Waals surface area contributed by atoms with E-state index >= 15 is 0 Å². The molecule has 28 heavy (non-hydrogen) atoms. The Morgan fingerprint density at radius 3 is 2.29 bits per heavy atom. The number of fused-ring (bicyclic) bond motifs is 3. The Morgan fingerprint density at radius 2 is 1.68 bits per heavy atom. The van der Waals surface area contributed by atoms with Crippen LogP contribution in [0.5, 0.6) is 0 Å². The molecule has 0 bridgehead atoms. The van der Waals surface area contributed by atoms with Crippen LogP contribution in [0, 0.1) is 25.2 Å². The van der Waals surface area contributed by atoms with Crippen molar-refractivity contribution in [3.63, 3.8) is 0 Å². The summed E-state index contributed by atoms with van der Waals surface area (Å²) in [5.74, 6) is 0.623. The van der Waals surface area contributed by atoms with Gasteiger partial charge in [-0.15, -0.1) is 11.8 Å². The highest BCUT2D eigenvalue weighted by atomic mass is 32.2. The van der Waals surface area contributed by atoms with E-state index in [0.29, 0.717) is 22.8 Å². The summed E-state index contributed by atoms with van der Waals surface area (Å²) in [5, 5.41) is 12.3. The molecule has 0 unspecified atom stereocenters. The number of hydrogen-bond donors (Lipinski definition) is 0. The van der Waals surface area contributed by atoms with Crippen LogP contribution in [0.1, 0.15) is 28.0 Å². The Balaban J connectivity index is 1.61. The zero-order valence-corrected chi connectivity index (χ0v) is 16.6. The molecule has 2 aromatic heterocycles. The fourth-order valence-electron chi connectivity index (χ4n) is 3.58. The third kappa shape index (κ3) is 3.17. The average molecular weight is 385 g/mol. The van der Waals surface area contributed by atoms with Crippen LogP contribution in [0.25, 0.3) is 21.8 Å². The maximum absolute atomic E-state index is 13.1. The van der Waals surface area contributed by atoms with Gasteiger partial charge in [0.25, 0.3) is 0 Å². The Bertz CT molecular complexity index is 1200. The molecule has 2 aromatic carbocycles. The first-order chi connectivity index (χ1) is 13.6. The first kappa shape index (κ1) is 18.3. The zero-order chi connectivity index (χ0) is 19.7. The van der Waals surface area contributed by atoms with E-state index in [1.807, 2.05) is 60.9 Å². The lowest BCUT2D eigenvalue weighted by Crippen LogP contribution is -2.11. The number of thioether (sulfide) groups is 1. The molecule has 0 atom stereocenters. The van der Waals surface area contributed by atoms with Crippen molar-refractivity contribution in [2.75, 3.05) is 5.75 Å². The van der Waals surface area contributed by atoms with Gasteiger partial charge in [0, 0.05) is 28.6 Å². The van der Waals surface area contributed by atoms with Gasteiger partial charge in [-0.3, -0.25) is 9.36 Å². The predicted octanol–water partition coefficient (Wildman–Crippen LogP) is 5.50. The molecule has 0 amide bonds. The summed E-state index contributed by atoms with van der Waals surface area (Å²) in [6.45, 7) is 3.84. The summed E-state index contributed by atoms with van der Waals surface area (Å²) in [7, 11) is 0. The Hall–Kier alpha value is -3.10. The van der Waals surface area contributed by atoms with Gasteiger partial charge in [0.15, 0.2) is 0 Å². The minimum absolute atomic E-state index is 0.0489. The van der Waals surface area contributed by atoms with Gasteiger partial charge in [0.05, 0.1) is 16.6 Å². The molecule has 2 heterocycles. The molecule has 0 saturated heterocycles. The van der Waals surface area contributed by atoms with Gasteiger partial charge in [-0.05, 0) is 37.6 Å². The molecule has 0 aliphatic rings. The lowest BCUT2D eigenvalue weighted by Gasteiger charge is -2.08. The van der Waals surface area contributed by atoms with E-state index in [0.717, 1.165) is 33.1 Å². The molecular formula is C23H19N3OS. The second-order valence-electron chi connectivity index (χ2n) is 6.73. The lowest BCUT2D eigenvalue weighted by atomic mass is 10.1. The predicted molar refractivity (Wildman–Crippen MR) is 114 cm³/mol. The number of rotatable bonds is 4. The van der Waals surface area contributed by atoms with E-state index in [1.165, 1.54) is 11.8 Å². The van der Waals surface area contributed by atoms with E-state index in [-0.39, 0.29) is 5.91 Å². The molecule has 0 aliphatic heterocycles. The number of aromatic nitrogens is 2. The van der Waals surface area contributed by atoms with Crippen molar-refractivity contribution in [3.05, 3.63) is 71.4 Å². The third-order valence-corrected chi connectivity index (χ3v) is 5.78. The van der Waals surface area contributed by atoms with Gasteiger partial charge >= 0.3 is 0 Å². The quantitative estimate of drug-likeness (QED) is 0.435. The van der Waals surface area contributed by atoms with E-state index in [2.05, 4.69) is 23.2 Å². The van der Waals surface area contributed by atoms with Crippen molar-refractivity contribution < 1.29 is 4.79 Å². The molecule has 4 rings (SSSR count). The molecule has 0 saturated carbocycles. The van der Waals surface area contributed by atoms with Gasteiger partial charge in [0.1, 0.15) is 11.1 Å². The van der Waals surface area contributed by atoms with Crippen molar-refractivity contribution >= 4 is 39.5 Å². The highest BCUT2D eigenvalue weighted by molar-refractivity contribution is 7.99. The number of aryl methyl sites for hydroxylation is 2. The monoisotopic (exact) mass is 385 g/mol. The lowest BCUT2D eigenvalue weighted by molar-refractivity contribution is 0.0920. The average Bonchev–Trinajstić information content (AvgIpc) is 3.02. The van der Waals surface area contributed by atoms with Gasteiger partial charge in [-0.2, -0.15) is 5.26 Å². The normalized spacial score (nSPS) is 11.0. The Morgan fingerprint density at radius 1 is 1.07 bits per heavy atom. The molecular weight excluding hydrogens is 366 g/mol. The SMILES string of the molecule is Cc1cc(C)c(C#N)c(SCCC(=O)n2c3ccccc3c3ccccc32)n1. The first-order valence-electron chi connectivity index (χ1n) is 9.12. The fourth-order valence-corrected chi connectivity index (χ4v) is 4.61. The molecule has 4 aromatic rings. The minimum atomic E-state index is 0.0489. The molecule has 4 nitrogen and oxygen atoms in total. The standard InChI is InChI=1S/C23H19N3OS/c1-15-13-16(2)25-23(19(15)14-24)28-12-11-22(27)26-20-9-5-3-7-17(20)18-8-4-6-10-21(18)26/h3-10,13H,11-12H2,1-2H3. The third-order valence-electron chi connectivity index (χ3n) is 4.81. The largest absolute Gasteiger partial charge is 0.280 e. The van der Waals surface area contributed by atoms with Gasteiger partial charge < -0.3 is 0 Å². The molecule has 0 spiro atoms. The summed E-state index contributed by atoms with van der Waals surface area (Å²) in [6.07, 6.45) is 0.368. The van der Waals surface area contributed by atoms with Crippen molar-refractivity contribution in [2.24, 2.45) is 0 Å². The molecule has 0 aliphatic carbocycles. The van der Waals surface area contributed by atoms with Crippen LogP contribution in [-0.4, -0.2) is 21.2 Å². The molecule has 138 valence electrons. The number of carbonyl (C=O) groups is 1. The Kier molecular flexibility index (Phi) is 4.89. The molecule has 0 radical (unpaired) electrons. The number of para-hydroxylation sites is 2. The first-order valence-corrected chi connectivity index (χ1v) is 10.1. The maximum atomic E-state index is 13.1. The summed E-state index contributed by atoms with van der Waals surface area (Å²) in [4.78, 5) is 17.6. The van der Waals surface area contributed by atoms with E-state index < -0.39 is 0 Å². The number of benzene rings is 2. The van der Waals surface area contributed by atoms with Crippen LogP contribution < -0.4 is 0 Å². The van der Waals surface area contributed by atoms with Crippen LogP contribution >= 0.6 is 11.8 Å². The van der Waals surface area contributed by atoms with Crippen molar-refractivity contribution in [1.82, 2.24) is 9.55 Å². The van der Waals surface area contributed by atoms with Gasteiger partial charge in [-0.25, -0.2) is 4.98 Å². The van der Waals surface area contributed by atoms with Crippen LogP contribution in [0.4, 0.5) is 0 Å². The van der Waals surface area contributed by atoms with E-state index in [4.69, 9.17) is 0 Å². The summed E-state index contributed by atoms with van der Waals surface area (Å²) < 4.78 is 1.81. The number of carbonyl (C=O) groups excluding carboxylic acids is 1. The van der Waals surface area contributed by atoms with E-state index in [9.17, 15) is 10.1 Å². The number of nitrogens with zero attached hydrogens (tertiary/aromatic N) is 3. The smallest absolute Gasteiger partial charge is 0.232 e. The summed E-state index contributed by atoms with van der Waals surface area (Å²) >= 11 is 1.47. The minimum Gasteiger partial charge on any atom is -0.280 e. The number of pyridine rings is 1. The fraction of sp³-hybridized carbons (Fsp3) is 0.174. The molecule has 0 fully saturated rings. The topological polar surface area (TPSA) is 58.7 Å². The van der Waals surface area contributed by atoms with Crippen LogP contribution in [0.2, 0.25) is 0 Å². The van der Waals surface area contributed by atoms with Gasteiger partial charge in [0.2, 0.25) is 5.91 Å². The zero-order valence-electron chi connectivity index (χ0n) is 15.8. The van der Waals surface area contributed by atoms with Gasteiger partial charge in [-0.1, -0.05) is 36.4 Å². The van der Waals surface area contributed by atoms with Crippen LogP contribution in [0.15, 0.2) is 59.6 Å². The highest BCUT2D eigenvalue weighted by Crippen LogP contribution is 2.30. The van der Waals surface area contributed by atoms with Crippen molar-refractivity contribution in [2.45, 2.75) is 25.3 Å². The summed E-state index contributed by atoms with van der Waals surface area (Å²) in [6, 6.07) is 20.1. The Labute approximate surface area is 167 Å².